The second-order valence-electron chi connectivity index (χ2n) is 6.49. The maximum absolute atomic E-state index is 13.1. The van der Waals surface area contributed by atoms with E-state index in [1.165, 1.54) is 6.42 Å². The first kappa shape index (κ1) is 16.6. The Morgan fingerprint density at radius 2 is 1.91 bits per heavy atom. The maximum Gasteiger partial charge on any atom is 0.304 e. The van der Waals surface area contributed by atoms with E-state index >= 15 is 0 Å². The number of fused-ring (bicyclic) bond motifs is 1. The van der Waals surface area contributed by atoms with E-state index in [0.29, 0.717) is 6.54 Å². The predicted octanol–water partition coefficient (Wildman–Crippen LogP) is 2.96. The van der Waals surface area contributed by atoms with Crippen molar-refractivity contribution in [1.82, 2.24) is 4.31 Å². The maximum atomic E-state index is 13.1. The molecule has 128 valence electrons. The molecule has 0 radical (unpaired) electrons. The van der Waals surface area contributed by atoms with Gasteiger partial charge in [-0.05, 0) is 49.4 Å². The second kappa shape index (κ2) is 6.69. The molecule has 1 heterocycles. The van der Waals surface area contributed by atoms with Gasteiger partial charge in [-0.2, -0.15) is 12.7 Å². The summed E-state index contributed by atoms with van der Waals surface area (Å²) in [6, 6.07) is 5.81. The van der Waals surface area contributed by atoms with Crippen molar-refractivity contribution in [3.05, 3.63) is 23.8 Å². The fourth-order valence-electron chi connectivity index (χ4n) is 3.69. The number of methoxy groups -OCH3 is 1. The number of aryl methyl sites for hydroxylation is 1. The number of hydrogen-bond acceptors (Lipinski definition) is 3. The first-order valence-corrected chi connectivity index (χ1v) is 9.86. The van der Waals surface area contributed by atoms with Crippen LogP contribution < -0.4 is 9.04 Å². The number of ether oxygens (including phenoxy) is 1. The molecule has 0 bridgehead atoms. The summed E-state index contributed by atoms with van der Waals surface area (Å²) in [6.07, 6.45) is 7.15. The Morgan fingerprint density at radius 3 is 2.61 bits per heavy atom. The number of rotatable bonds is 4. The first-order valence-electron chi connectivity index (χ1n) is 8.46. The molecule has 0 spiro atoms. The van der Waals surface area contributed by atoms with Gasteiger partial charge in [0.2, 0.25) is 0 Å². The third-order valence-electron chi connectivity index (χ3n) is 5.09. The fraction of sp³-hybridized carbons (Fsp3) is 0.647. The highest BCUT2D eigenvalue weighted by Crippen LogP contribution is 2.34. The van der Waals surface area contributed by atoms with Crippen LogP contribution in [0.25, 0.3) is 0 Å². The molecule has 23 heavy (non-hydrogen) atoms. The van der Waals surface area contributed by atoms with E-state index in [9.17, 15) is 8.42 Å². The third kappa shape index (κ3) is 3.19. The molecule has 1 aromatic carbocycles. The molecule has 3 rings (SSSR count). The minimum absolute atomic E-state index is 0.136. The Bertz CT molecular complexity index is 654. The quantitative estimate of drug-likeness (QED) is 0.848. The zero-order valence-electron chi connectivity index (χ0n) is 14.0. The van der Waals surface area contributed by atoms with Crippen LogP contribution in [0.5, 0.6) is 5.75 Å². The number of anilines is 1. The van der Waals surface area contributed by atoms with Gasteiger partial charge in [0.1, 0.15) is 5.75 Å². The molecule has 1 aromatic rings. The Morgan fingerprint density at radius 1 is 1.17 bits per heavy atom. The molecule has 0 aromatic heterocycles. The minimum Gasteiger partial charge on any atom is -0.497 e. The summed E-state index contributed by atoms with van der Waals surface area (Å²) in [6.45, 7) is 0.554. The third-order valence-corrected chi connectivity index (χ3v) is 7.06. The molecule has 0 unspecified atom stereocenters. The molecule has 1 saturated carbocycles. The van der Waals surface area contributed by atoms with Gasteiger partial charge in [0.25, 0.3) is 0 Å². The standard InChI is InChI=1S/C17H26N2O3S/c1-18(15-8-4-3-5-9-15)23(20,21)19-12-6-7-14-13-16(22-2)10-11-17(14)19/h10-11,13,15H,3-9,12H2,1-2H3. The van der Waals surface area contributed by atoms with Crippen molar-refractivity contribution in [2.75, 3.05) is 25.0 Å². The molecule has 6 heteroatoms. The smallest absolute Gasteiger partial charge is 0.304 e. The molecule has 1 aliphatic heterocycles. The van der Waals surface area contributed by atoms with Gasteiger partial charge >= 0.3 is 10.2 Å². The van der Waals surface area contributed by atoms with E-state index in [-0.39, 0.29) is 6.04 Å². The van der Waals surface area contributed by atoms with E-state index in [2.05, 4.69) is 0 Å². The van der Waals surface area contributed by atoms with Crippen LogP contribution in [0.1, 0.15) is 44.1 Å². The number of nitrogens with zero attached hydrogens (tertiary/aromatic N) is 2. The molecule has 5 nitrogen and oxygen atoms in total. The Labute approximate surface area is 139 Å². The minimum atomic E-state index is -3.47. The summed E-state index contributed by atoms with van der Waals surface area (Å²) in [7, 11) is -0.0947. The average Bonchev–Trinajstić information content (AvgIpc) is 2.60. The molecule has 1 aliphatic carbocycles. The summed E-state index contributed by atoms with van der Waals surface area (Å²) >= 11 is 0. The van der Waals surface area contributed by atoms with Gasteiger partial charge < -0.3 is 4.74 Å². The topological polar surface area (TPSA) is 49.9 Å². The van der Waals surface area contributed by atoms with Crippen molar-refractivity contribution < 1.29 is 13.2 Å². The van der Waals surface area contributed by atoms with Crippen molar-refractivity contribution in [2.45, 2.75) is 51.0 Å². The monoisotopic (exact) mass is 338 g/mol. The van der Waals surface area contributed by atoms with Gasteiger partial charge in [0.15, 0.2) is 0 Å². The molecular weight excluding hydrogens is 312 g/mol. The lowest BCUT2D eigenvalue weighted by Gasteiger charge is -2.37. The van der Waals surface area contributed by atoms with Crippen LogP contribution in [0.15, 0.2) is 18.2 Å². The second-order valence-corrected chi connectivity index (χ2v) is 8.40. The number of hydrogen-bond donors (Lipinski definition) is 0. The van der Waals surface area contributed by atoms with Gasteiger partial charge in [0, 0.05) is 19.6 Å². The lowest BCUT2D eigenvalue weighted by atomic mass is 9.96. The average molecular weight is 338 g/mol. The van der Waals surface area contributed by atoms with Crippen molar-refractivity contribution in [3.8, 4) is 5.75 Å². The van der Waals surface area contributed by atoms with Crippen molar-refractivity contribution in [2.24, 2.45) is 0 Å². The van der Waals surface area contributed by atoms with Crippen LogP contribution in [0, 0.1) is 0 Å². The van der Waals surface area contributed by atoms with Gasteiger partial charge in [-0.15, -0.1) is 0 Å². The van der Waals surface area contributed by atoms with Crippen molar-refractivity contribution in [1.29, 1.82) is 0 Å². The van der Waals surface area contributed by atoms with Crippen LogP contribution >= 0.6 is 0 Å². The highest BCUT2D eigenvalue weighted by atomic mass is 32.2. The Balaban J connectivity index is 1.89. The Kier molecular flexibility index (Phi) is 4.82. The normalized spacial score (nSPS) is 19.7. The van der Waals surface area contributed by atoms with Crippen LogP contribution in [0.2, 0.25) is 0 Å². The van der Waals surface area contributed by atoms with Crippen molar-refractivity contribution in [3.63, 3.8) is 0 Å². The summed E-state index contributed by atoms with van der Waals surface area (Å²) in [5.74, 6) is 0.781. The molecule has 0 atom stereocenters. The van der Waals surface area contributed by atoms with Gasteiger partial charge in [-0.25, -0.2) is 0 Å². The fourth-order valence-corrected chi connectivity index (χ4v) is 5.38. The van der Waals surface area contributed by atoms with Gasteiger partial charge in [-0.3, -0.25) is 4.31 Å². The lowest BCUT2D eigenvalue weighted by molar-refractivity contribution is 0.285. The highest BCUT2D eigenvalue weighted by molar-refractivity contribution is 7.90. The SMILES string of the molecule is COc1ccc2c(c1)CCCN2S(=O)(=O)N(C)C1CCCCC1. The number of benzene rings is 1. The predicted molar refractivity (Wildman–Crippen MR) is 92.2 cm³/mol. The molecule has 1 fully saturated rings. The highest BCUT2D eigenvalue weighted by Gasteiger charge is 2.35. The summed E-state index contributed by atoms with van der Waals surface area (Å²) in [5, 5.41) is 0. The lowest BCUT2D eigenvalue weighted by Crippen LogP contribution is -2.48. The van der Waals surface area contributed by atoms with Crippen LogP contribution in [0.3, 0.4) is 0 Å². The summed E-state index contributed by atoms with van der Waals surface area (Å²) in [5.41, 5.74) is 1.86. The first-order chi connectivity index (χ1) is 11.0. The van der Waals surface area contributed by atoms with E-state index in [4.69, 9.17) is 4.74 Å². The molecule has 2 aliphatic rings. The van der Waals surface area contributed by atoms with Crippen LogP contribution in [-0.2, 0) is 16.6 Å². The summed E-state index contributed by atoms with van der Waals surface area (Å²) < 4.78 is 34.7. The van der Waals surface area contributed by atoms with Gasteiger partial charge in [0.05, 0.1) is 12.8 Å². The van der Waals surface area contributed by atoms with E-state index in [0.717, 1.165) is 55.5 Å². The molecule has 0 saturated heterocycles. The molecule has 0 amide bonds. The van der Waals surface area contributed by atoms with E-state index in [1.807, 2.05) is 18.2 Å². The molecular formula is C17H26N2O3S. The van der Waals surface area contributed by atoms with Crippen LogP contribution in [-0.4, -0.2) is 39.5 Å². The largest absolute Gasteiger partial charge is 0.497 e. The van der Waals surface area contributed by atoms with Crippen molar-refractivity contribution >= 4 is 15.9 Å². The van der Waals surface area contributed by atoms with Gasteiger partial charge in [-0.1, -0.05) is 19.3 Å². The zero-order valence-corrected chi connectivity index (χ0v) is 14.8. The van der Waals surface area contributed by atoms with E-state index in [1.54, 1.807) is 22.8 Å². The zero-order chi connectivity index (χ0) is 16.4. The molecule has 0 N–H and O–H groups in total. The van der Waals surface area contributed by atoms with Crippen LogP contribution in [0.4, 0.5) is 5.69 Å². The summed E-state index contributed by atoms with van der Waals surface area (Å²) in [4.78, 5) is 0. The van der Waals surface area contributed by atoms with E-state index < -0.39 is 10.2 Å². The Hall–Kier alpha value is -1.27.